The van der Waals surface area contributed by atoms with Crippen LogP contribution in [0, 0.1) is 11.8 Å². The average molecular weight is 452 g/mol. The smallest absolute Gasteiger partial charge is 0.0786 e. The van der Waals surface area contributed by atoms with Gasteiger partial charge in [0.05, 0.1) is 26.2 Å². The summed E-state index contributed by atoms with van der Waals surface area (Å²) in [7, 11) is 0. The maximum Gasteiger partial charge on any atom is 0.0786 e. The highest BCUT2D eigenvalue weighted by molar-refractivity contribution is 8.55. The van der Waals surface area contributed by atoms with Crippen molar-refractivity contribution in [3.05, 3.63) is 0 Å². The monoisotopic (exact) mass is 451 g/mol. The highest BCUT2D eigenvalue weighted by atomic mass is 32.9. The highest BCUT2D eigenvalue weighted by Gasteiger charge is 2.24. The molecule has 0 unspecified atom stereocenters. The van der Waals surface area contributed by atoms with Crippen LogP contribution in [-0.4, -0.2) is 43.0 Å². The van der Waals surface area contributed by atoms with Gasteiger partial charge in [0.25, 0.3) is 0 Å². The standard InChI is InChI=1S/C16H36N.C8H19PS2/c1-5-9-13-17(14-10-6-2,15-11-7-3)16-12-8-4;1-7(2)5-9(10,11)6-8(3)4/h5-16H2,1-4H3;7-8H,5-6H2,1-4H3,(H,10,11)/q+1;/p-1. The second-order valence-corrected chi connectivity index (χ2v) is 16.9. The summed E-state index contributed by atoms with van der Waals surface area (Å²) >= 11 is 10.8. The number of quaternary nitrogens is 1. The molecule has 28 heavy (non-hydrogen) atoms. The van der Waals surface area contributed by atoms with Crippen molar-refractivity contribution in [1.82, 2.24) is 0 Å². The fraction of sp³-hybridized carbons (Fsp3) is 1.00. The van der Waals surface area contributed by atoms with Gasteiger partial charge in [-0.1, -0.05) is 81.1 Å². The van der Waals surface area contributed by atoms with E-state index in [-0.39, 0.29) is 0 Å². The number of unbranched alkanes of at least 4 members (excludes halogenated alkanes) is 4. The van der Waals surface area contributed by atoms with Gasteiger partial charge in [0.1, 0.15) is 0 Å². The molecule has 0 aromatic heterocycles. The number of nitrogens with zero attached hydrogens (tertiary/aromatic N) is 1. The quantitative estimate of drug-likeness (QED) is 0.132. The first kappa shape index (κ1) is 31.1. The molecule has 0 N–H and O–H groups in total. The van der Waals surface area contributed by atoms with Crippen LogP contribution < -0.4 is 0 Å². The Labute approximate surface area is 190 Å². The maximum atomic E-state index is 5.42. The van der Waals surface area contributed by atoms with Crippen LogP contribution in [-0.2, 0) is 24.1 Å². The summed E-state index contributed by atoms with van der Waals surface area (Å²) in [4.78, 5) is 0. The van der Waals surface area contributed by atoms with Crippen LogP contribution in [0.4, 0.5) is 0 Å². The first-order valence-electron chi connectivity index (χ1n) is 12.2. The van der Waals surface area contributed by atoms with Crippen molar-refractivity contribution in [1.29, 1.82) is 0 Å². The molecule has 0 atom stereocenters. The predicted molar refractivity (Wildman–Crippen MR) is 140 cm³/mol. The van der Waals surface area contributed by atoms with Crippen LogP contribution in [0.3, 0.4) is 0 Å². The Morgan fingerprint density at radius 1 is 0.643 bits per heavy atom. The first-order valence-corrected chi connectivity index (χ1v) is 16.4. The van der Waals surface area contributed by atoms with E-state index in [0.717, 1.165) is 12.3 Å². The number of hydrogen-bond donors (Lipinski definition) is 0. The zero-order valence-corrected chi connectivity index (χ0v) is 23.3. The summed E-state index contributed by atoms with van der Waals surface area (Å²) < 4.78 is 1.42. The molecule has 0 heterocycles. The molecular weight excluding hydrogens is 397 g/mol. The summed E-state index contributed by atoms with van der Waals surface area (Å²) in [6.45, 7) is 23.8. The molecule has 0 bridgehead atoms. The summed E-state index contributed by atoms with van der Waals surface area (Å²) in [5, 5.41) is -1.39. The van der Waals surface area contributed by atoms with Gasteiger partial charge in [-0.25, -0.2) is 0 Å². The molecule has 0 saturated heterocycles. The van der Waals surface area contributed by atoms with Crippen LogP contribution in [0.25, 0.3) is 0 Å². The van der Waals surface area contributed by atoms with E-state index in [0.29, 0.717) is 11.8 Å². The fourth-order valence-electron chi connectivity index (χ4n) is 3.83. The zero-order valence-electron chi connectivity index (χ0n) is 20.8. The number of hydrogen-bond acceptors (Lipinski definition) is 2. The highest BCUT2D eigenvalue weighted by Crippen LogP contribution is 2.46. The van der Waals surface area contributed by atoms with E-state index in [4.69, 9.17) is 24.1 Å². The SMILES string of the molecule is CC(C)CP(=S)([S-])CC(C)C.CCCC[N+](CCCC)(CCCC)CCCC. The molecule has 1 nitrogen and oxygen atoms in total. The molecule has 0 aliphatic rings. The maximum absolute atomic E-state index is 5.42. The van der Waals surface area contributed by atoms with Crippen LogP contribution in [0.1, 0.15) is 107 Å². The lowest BCUT2D eigenvalue weighted by atomic mass is 10.1. The van der Waals surface area contributed by atoms with Crippen LogP contribution >= 0.6 is 5.24 Å². The van der Waals surface area contributed by atoms with Gasteiger partial charge in [0.15, 0.2) is 0 Å². The second kappa shape index (κ2) is 18.7. The van der Waals surface area contributed by atoms with Crippen LogP contribution in [0.15, 0.2) is 0 Å². The van der Waals surface area contributed by atoms with E-state index < -0.39 is 5.24 Å². The number of rotatable bonds is 16. The van der Waals surface area contributed by atoms with Gasteiger partial charge < -0.3 is 16.7 Å². The molecule has 0 rings (SSSR count). The molecule has 0 aromatic carbocycles. The molecule has 0 amide bonds. The Morgan fingerprint density at radius 3 is 1.07 bits per heavy atom. The summed E-state index contributed by atoms with van der Waals surface area (Å²) in [5.74, 6) is 1.36. The van der Waals surface area contributed by atoms with E-state index in [1.807, 2.05) is 0 Å². The second-order valence-electron chi connectivity index (χ2n) is 9.62. The summed E-state index contributed by atoms with van der Waals surface area (Å²) in [6, 6.07) is 0. The van der Waals surface area contributed by atoms with Gasteiger partial charge >= 0.3 is 0 Å². The van der Waals surface area contributed by atoms with Crippen molar-refractivity contribution in [2.75, 3.05) is 38.5 Å². The molecule has 172 valence electrons. The lowest BCUT2D eigenvalue weighted by Gasteiger charge is -2.39. The molecule has 0 aliphatic heterocycles. The fourth-order valence-corrected chi connectivity index (χ4v) is 9.78. The minimum Gasteiger partial charge on any atom is -0.746 e. The van der Waals surface area contributed by atoms with E-state index in [1.165, 1.54) is 82.0 Å². The van der Waals surface area contributed by atoms with Crippen molar-refractivity contribution in [3.8, 4) is 0 Å². The Hall–Kier alpha value is 0.960. The topological polar surface area (TPSA) is 0 Å². The predicted octanol–water partition coefficient (Wildman–Crippen LogP) is 8.24. The van der Waals surface area contributed by atoms with E-state index >= 15 is 0 Å². The van der Waals surface area contributed by atoms with Crippen LogP contribution in [0.2, 0.25) is 0 Å². The Bertz CT molecular complexity index is 331. The van der Waals surface area contributed by atoms with Crippen LogP contribution in [0.5, 0.6) is 0 Å². The molecule has 0 saturated carbocycles. The van der Waals surface area contributed by atoms with E-state index in [9.17, 15) is 0 Å². The average Bonchev–Trinajstić information content (AvgIpc) is 2.58. The minimum absolute atomic E-state index is 0.678. The first-order chi connectivity index (χ1) is 13.1. The minimum atomic E-state index is -1.39. The zero-order chi connectivity index (χ0) is 22.1. The summed E-state index contributed by atoms with van der Waals surface area (Å²) in [6.07, 6.45) is 13.2. The lowest BCUT2D eigenvalue weighted by molar-refractivity contribution is -0.929. The Morgan fingerprint density at radius 2 is 0.893 bits per heavy atom. The van der Waals surface area contributed by atoms with Gasteiger partial charge in [0.2, 0.25) is 0 Å². The third kappa shape index (κ3) is 19.0. The third-order valence-corrected chi connectivity index (χ3v) is 9.59. The van der Waals surface area contributed by atoms with Gasteiger partial charge in [-0.15, -0.1) is 11.8 Å². The molecule has 0 fully saturated rings. The van der Waals surface area contributed by atoms with Gasteiger partial charge in [0, 0.05) is 0 Å². The van der Waals surface area contributed by atoms with Crippen molar-refractivity contribution < 1.29 is 4.48 Å². The molecular formula is C24H54NPS2. The Balaban J connectivity index is 0. The van der Waals surface area contributed by atoms with Gasteiger partial charge in [-0.2, -0.15) is 5.24 Å². The third-order valence-electron chi connectivity index (χ3n) is 5.23. The van der Waals surface area contributed by atoms with Gasteiger partial charge in [-0.3, -0.25) is 0 Å². The molecule has 0 spiro atoms. The largest absolute Gasteiger partial charge is 0.746 e. The summed E-state index contributed by atoms with van der Waals surface area (Å²) in [5.41, 5.74) is 0. The molecule has 0 aromatic rings. The lowest BCUT2D eigenvalue weighted by Crippen LogP contribution is -2.50. The van der Waals surface area contributed by atoms with E-state index in [1.54, 1.807) is 0 Å². The molecule has 4 heteroatoms. The van der Waals surface area contributed by atoms with Crippen molar-refractivity contribution in [3.63, 3.8) is 0 Å². The van der Waals surface area contributed by atoms with Crippen molar-refractivity contribution in [2.24, 2.45) is 11.8 Å². The van der Waals surface area contributed by atoms with Crippen molar-refractivity contribution in [2.45, 2.75) is 107 Å². The Kier molecular flexibility index (Phi) is 20.8. The molecule has 0 aliphatic carbocycles. The molecule has 0 radical (unpaired) electrons. The normalized spacial score (nSPS) is 12.4. The van der Waals surface area contributed by atoms with Gasteiger partial charge in [-0.05, 0) is 49.8 Å². The van der Waals surface area contributed by atoms with Crippen molar-refractivity contribution >= 4 is 29.3 Å². The van der Waals surface area contributed by atoms with E-state index in [2.05, 4.69) is 55.4 Å².